The number of benzene rings is 2. The van der Waals surface area contributed by atoms with Gasteiger partial charge >= 0.3 is 0 Å². The van der Waals surface area contributed by atoms with Gasteiger partial charge in [0.05, 0.1) is 0 Å². The smallest absolute Gasteiger partial charge is 0.0460 e. The zero-order valence-electron chi connectivity index (χ0n) is 21.7. The molecule has 0 amide bonds. The molecule has 2 aromatic carbocycles. The Bertz CT molecular complexity index is 1100. The van der Waals surface area contributed by atoms with Crippen LogP contribution in [-0.4, -0.2) is 61.1 Å². The number of unbranched alkanes of at least 4 members (excludes halogenated alkanes) is 3. The number of allylic oxidation sites excluding steroid dienone is 1. The molecule has 0 unspecified atom stereocenters. The summed E-state index contributed by atoms with van der Waals surface area (Å²) in [5, 5.41) is 1.25. The van der Waals surface area contributed by atoms with Crippen molar-refractivity contribution < 1.29 is 0 Å². The number of piperazine rings is 1. The molecule has 2 heterocycles. The van der Waals surface area contributed by atoms with E-state index in [1.165, 1.54) is 64.7 Å². The monoisotopic (exact) mass is 470 g/mol. The van der Waals surface area contributed by atoms with E-state index in [9.17, 15) is 0 Å². The molecular weight excluding hydrogens is 428 g/mol. The number of H-pyrrole nitrogens is 1. The van der Waals surface area contributed by atoms with Crippen LogP contribution in [0.15, 0.2) is 79.2 Å². The number of aromatic nitrogens is 1. The van der Waals surface area contributed by atoms with E-state index < -0.39 is 0 Å². The number of nitrogens with one attached hydrogen (secondary N) is 1. The van der Waals surface area contributed by atoms with Crippen molar-refractivity contribution in [3.05, 3.63) is 79.2 Å². The number of rotatable bonds is 12. The summed E-state index contributed by atoms with van der Waals surface area (Å²) in [6.45, 7) is 17.2. The van der Waals surface area contributed by atoms with Crippen LogP contribution in [-0.2, 0) is 0 Å². The van der Waals surface area contributed by atoms with Gasteiger partial charge in [0.1, 0.15) is 0 Å². The van der Waals surface area contributed by atoms with Crippen molar-refractivity contribution in [2.75, 3.05) is 51.2 Å². The SMILES string of the molecule is C=C(C)CCCCCCN(C(=C)CN1CCN(C)CC1)c1ccc(-c2ccc3cc[nH]c3c2)cc1. The number of nitrogens with zero attached hydrogens (tertiary/aromatic N) is 3. The molecule has 4 heteroatoms. The van der Waals surface area contributed by atoms with Gasteiger partial charge in [-0.25, -0.2) is 0 Å². The number of anilines is 1. The third kappa shape index (κ3) is 7.09. The largest absolute Gasteiger partial charge is 0.361 e. The van der Waals surface area contributed by atoms with Gasteiger partial charge in [-0.3, -0.25) is 4.90 Å². The Morgan fingerprint density at radius 3 is 2.34 bits per heavy atom. The molecule has 1 aliphatic rings. The van der Waals surface area contributed by atoms with E-state index >= 15 is 0 Å². The van der Waals surface area contributed by atoms with Gasteiger partial charge in [-0.1, -0.05) is 49.3 Å². The predicted octanol–water partition coefficient (Wildman–Crippen LogP) is 6.93. The van der Waals surface area contributed by atoms with Gasteiger partial charge in [-0.2, -0.15) is 0 Å². The highest BCUT2D eigenvalue weighted by atomic mass is 15.3. The first-order chi connectivity index (χ1) is 17.0. The Labute approximate surface area is 211 Å². The minimum absolute atomic E-state index is 0.939. The number of hydrogen-bond donors (Lipinski definition) is 1. The molecule has 0 spiro atoms. The molecule has 186 valence electrons. The third-order valence-electron chi connectivity index (χ3n) is 7.19. The van der Waals surface area contributed by atoms with Crippen molar-refractivity contribution in [1.29, 1.82) is 0 Å². The topological polar surface area (TPSA) is 25.5 Å². The van der Waals surface area contributed by atoms with Crippen LogP contribution in [0.2, 0.25) is 0 Å². The van der Waals surface area contributed by atoms with Crippen molar-refractivity contribution in [3.8, 4) is 11.1 Å². The van der Waals surface area contributed by atoms with Gasteiger partial charge < -0.3 is 14.8 Å². The van der Waals surface area contributed by atoms with E-state index in [4.69, 9.17) is 0 Å². The summed E-state index contributed by atoms with van der Waals surface area (Å²) in [5.74, 6) is 0. The summed E-state index contributed by atoms with van der Waals surface area (Å²) in [6, 6.07) is 17.8. The first-order valence-electron chi connectivity index (χ1n) is 13.2. The van der Waals surface area contributed by atoms with Crippen molar-refractivity contribution in [1.82, 2.24) is 14.8 Å². The summed E-state index contributed by atoms with van der Waals surface area (Å²) >= 11 is 0. The van der Waals surface area contributed by atoms with Crippen LogP contribution in [0, 0.1) is 0 Å². The molecule has 35 heavy (non-hydrogen) atoms. The Hall–Kier alpha value is -2.82. The maximum absolute atomic E-state index is 4.55. The Balaban J connectivity index is 1.43. The van der Waals surface area contributed by atoms with E-state index in [-0.39, 0.29) is 0 Å². The minimum Gasteiger partial charge on any atom is -0.361 e. The van der Waals surface area contributed by atoms with Crippen LogP contribution < -0.4 is 4.90 Å². The lowest BCUT2D eigenvalue weighted by Crippen LogP contribution is -2.46. The second-order valence-corrected chi connectivity index (χ2v) is 10.2. The summed E-state index contributed by atoms with van der Waals surface area (Å²) < 4.78 is 0. The van der Waals surface area contributed by atoms with Crippen molar-refractivity contribution in [2.24, 2.45) is 0 Å². The summed E-state index contributed by atoms with van der Waals surface area (Å²) in [4.78, 5) is 10.7. The molecule has 0 atom stereocenters. The first kappa shape index (κ1) is 25.3. The van der Waals surface area contributed by atoms with Gasteiger partial charge in [0.2, 0.25) is 0 Å². The first-order valence-corrected chi connectivity index (χ1v) is 13.2. The zero-order valence-corrected chi connectivity index (χ0v) is 21.7. The van der Waals surface area contributed by atoms with Gasteiger partial charge in [0, 0.05) is 62.4 Å². The highest BCUT2D eigenvalue weighted by Crippen LogP contribution is 2.28. The molecule has 4 rings (SSSR count). The maximum Gasteiger partial charge on any atom is 0.0460 e. The molecule has 0 aliphatic carbocycles. The maximum atomic E-state index is 4.55. The predicted molar refractivity (Wildman–Crippen MR) is 152 cm³/mol. The highest BCUT2D eigenvalue weighted by molar-refractivity contribution is 5.85. The average molecular weight is 471 g/mol. The van der Waals surface area contributed by atoms with E-state index in [1.807, 2.05) is 6.20 Å². The Morgan fingerprint density at radius 1 is 0.886 bits per heavy atom. The Morgan fingerprint density at radius 2 is 1.60 bits per heavy atom. The fourth-order valence-electron chi connectivity index (χ4n) is 4.93. The van der Waals surface area contributed by atoms with Crippen LogP contribution >= 0.6 is 0 Å². The number of fused-ring (bicyclic) bond motifs is 1. The van der Waals surface area contributed by atoms with Gasteiger partial charge in [-0.15, -0.1) is 6.58 Å². The average Bonchev–Trinajstić information content (AvgIpc) is 3.33. The van der Waals surface area contributed by atoms with E-state index in [0.29, 0.717) is 0 Å². The molecule has 1 aromatic heterocycles. The molecule has 0 bridgehead atoms. The summed E-state index contributed by atoms with van der Waals surface area (Å²) in [5.41, 5.74) is 7.41. The van der Waals surface area contributed by atoms with E-state index in [1.54, 1.807) is 0 Å². The van der Waals surface area contributed by atoms with E-state index in [2.05, 4.69) is 95.3 Å². The molecule has 1 aliphatic heterocycles. The van der Waals surface area contributed by atoms with Crippen LogP contribution in [0.25, 0.3) is 22.0 Å². The lowest BCUT2D eigenvalue weighted by molar-refractivity contribution is 0.163. The normalized spacial score (nSPS) is 14.9. The lowest BCUT2D eigenvalue weighted by atomic mass is 10.0. The summed E-state index contributed by atoms with van der Waals surface area (Å²) in [7, 11) is 2.21. The van der Waals surface area contributed by atoms with Crippen LogP contribution in [0.1, 0.15) is 39.0 Å². The number of hydrogen-bond acceptors (Lipinski definition) is 3. The van der Waals surface area contributed by atoms with Crippen LogP contribution in [0.5, 0.6) is 0 Å². The molecule has 0 saturated carbocycles. The second kappa shape index (κ2) is 12.2. The lowest BCUT2D eigenvalue weighted by Gasteiger charge is -2.35. The quantitative estimate of drug-likeness (QED) is 0.230. The minimum atomic E-state index is 0.939. The van der Waals surface area contributed by atoms with Gasteiger partial charge in [0.25, 0.3) is 0 Å². The van der Waals surface area contributed by atoms with Gasteiger partial charge in [0.15, 0.2) is 0 Å². The molecule has 1 fully saturated rings. The van der Waals surface area contributed by atoms with Crippen molar-refractivity contribution in [2.45, 2.75) is 39.0 Å². The summed E-state index contributed by atoms with van der Waals surface area (Å²) in [6.07, 6.45) is 8.10. The highest BCUT2D eigenvalue weighted by Gasteiger charge is 2.18. The van der Waals surface area contributed by atoms with Crippen molar-refractivity contribution >= 4 is 16.6 Å². The number of likely N-dealkylation sites (N-methyl/N-ethyl adjacent to an activating group) is 1. The molecule has 1 saturated heterocycles. The molecular formula is C31H42N4. The fourth-order valence-corrected chi connectivity index (χ4v) is 4.93. The molecule has 0 radical (unpaired) electrons. The van der Waals surface area contributed by atoms with Crippen molar-refractivity contribution in [3.63, 3.8) is 0 Å². The van der Waals surface area contributed by atoms with Crippen LogP contribution in [0.3, 0.4) is 0 Å². The van der Waals surface area contributed by atoms with Gasteiger partial charge in [-0.05, 0) is 74.0 Å². The fraction of sp³-hybridized carbons (Fsp3) is 0.419. The van der Waals surface area contributed by atoms with Crippen LogP contribution in [0.4, 0.5) is 5.69 Å². The second-order valence-electron chi connectivity index (χ2n) is 10.2. The molecule has 1 N–H and O–H groups in total. The standard InChI is InChI=1S/C31H42N4/c1-25(2)9-7-5-6-8-18-35(26(3)24-34-21-19-33(4)20-22-34)30-14-12-27(13-15-30)29-11-10-28-16-17-32-31(28)23-29/h10-17,23,32H,1,3,5-9,18-22,24H2,2,4H3. The number of aromatic amines is 1. The van der Waals surface area contributed by atoms with E-state index in [0.717, 1.165) is 45.7 Å². The Kier molecular flexibility index (Phi) is 8.84. The zero-order chi connectivity index (χ0) is 24.6. The molecule has 4 nitrogen and oxygen atoms in total. The molecule has 3 aromatic rings. The third-order valence-corrected chi connectivity index (χ3v) is 7.19.